The van der Waals surface area contributed by atoms with Gasteiger partial charge in [-0.25, -0.2) is 14.8 Å². The molecule has 1 aromatic carbocycles. The summed E-state index contributed by atoms with van der Waals surface area (Å²) in [5.74, 6) is -0.551. The zero-order chi connectivity index (χ0) is 22.4. The van der Waals surface area contributed by atoms with Crippen LogP contribution in [0.1, 0.15) is 56.2 Å². The summed E-state index contributed by atoms with van der Waals surface area (Å²) in [6.45, 7) is 2.49. The Morgan fingerprint density at radius 2 is 1.94 bits per heavy atom. The van der Waals surface area contributed by atoms with E-state index < -0.39 is 11.6 Å². The molecular formula is C26H36N3O3+. The number of carbonyl (C=O) groups excluding carboxylic acids is 1. The molecule has 1 aliphatic carbocycles. The van der Waals surface area contributed by atoms with Crippen molar-refractivity contribution in [3.05, 3.63) is 60.2 Å². The molecule has 2 heterocycles. The number of nitrogens with zero attached hydrogens (tertiary/aromatic N) is 3. The molecule has 6 nitrogen and oxygen atoms in total. The fraction of sp³-hybridized carbons (Fsp3) is 0.577. The molecule has 32 heavy (non-hydrogen) atoms. The molecule has 2 aromatic rings. The summed E-state index contributed by atoms with van der Waals surface area (Å²) in [5, 5.41) is 11.6. The molecule has 2 aliphatic rings. The normalized spacial score (nSPS) is 25.5. The molecule has 1 aromatic heterocycles. The topological polar surface area (TPSA) is 72.3 Å². The minimum Gasteiger partial charge on any atom is -0.457 e. The first kappa shape index (κ1) is 22.9. The number of aromatic nitrogens is 2. The number of rotatable bonds is 9. The second-order valence-corrected chi connectivity index (χ2v) is 9.74. The molecule has 1 aliphatic heterocycles. The van der Waals surface area contributed by atoms with E-state index in [4.69, 9.17) is 4.74 Å². The number of hydrogen-bond donors (Lipinski definition) is 1. The second-order valence-electron chi connectivity index (χ2n) is 9.74. The molecule has 1 saturated carbocycles. The van der Waals surface area contributed by atoms with E-state index in [1.165, 1.54) is 0 Å². The van der Waals surface area contributed by atoms with Crippen molar-refractivity contribution >= 4 is 5.97 Å². The van der Waals surface area contributed by atoms with E-state index in [-0.39, 0.29) is 12.0 Å². The summed E-state index contributed by atoms with van der Waals surface area (Å²) in [7, 11) is 2.27. The molecular weight excluding hydrogens is 402 g/mol. The van der Waals surface area contributed by atoms with Crippen LogP contribution in [0.5, 0.6) is 0 Å². The van der Waals surface area contributed by atoms with E-state index in [1.54, 1.807) is 12.5 Å². The van der Waals surface area contributed by atoms with Gasteiger partial charge in [-0.15, -0.1) is 0 Å². The highest BCUT2D eigenvalue weighted by atomic mass is 16.6. The van der Waals surface area contributed by atoms with Gasteiger partial charge in [-0.2, -0.15) is 0 Å². The summed E-state index contributed by atoms with van der Waals surface area (Å²) in [5.41, 5.74) is 0.177. The van der Waals surface area contributed by atoms with E-state index >= 15 is 0 Å². The summed E-state index contributed by atoms with van der Waals surface area (Å²) in [4.78, 5) is 21.6. The zero-order valence-corrected chi connectivity index (χ0v) is 19.2. The van der Waals surface area contributed by atoms with Crippen LogP contribution in [0.15, 0.2) is 48.9 Å². The fourth-order valence-corrected chi connectivity index (χ4v) is 5.67. The van der Waals surface area contributed by atoms with Crippen LogP contribution in [0.2, 0.25) is 0 Å². The molecule has 6 heteroatoms. The molecule has 1 saturated heterocycles. The molecule has 4 rings (SSSR count). The number of esters is 1. The lowest BCUT2D eigenvalue weighted by Crippen LogP contribution is -2.52. The highest BCUT2D eigenvalue weighted by molar-refractivity contribution is 5.81. The monoisotopic (exact) mass is 438 g/mol. The Kier molecular flexibility index (Phi) is 7.21. The lowest BCUT2D eigenvalue weighted by molar-refractivity contribution is -0.921. The maximum atomic E-state index is 13.3. The third-order valence-corrected chi connectivity index (χ3v) is 7.71. The van der Waals surface area contributed by atoms with Gasteiger partial charge in [0.25, 0.3) is 0 Å². The van der Waals surface area contributed by atoms with Crippen LogP contribution in [0, 0.1) is 5.92 Å². The Hall–Kier alpha value is -2.31. The van der Waals surface area contributed by atoms with Crippen molar-refractivity contribution in [2.75, 3.05) is 26.7 Å². The molecule has 0 spiro atoms. The molecule has 1 N–H and O–H groups in total. The van der Waals surface area contributed by atoms with Crippen LogP contribution in [0.3, 0.4) is 0 Å². The molecule has 0 radical (unpaired) electrons. The minimum atomic E-state index is -1.55. The third kappa shape index (κ3) is 4.86. The third-order valence-electron chi connectivity index (χ3n) is 7.71. The van der Waals surface area contributed by atoms with E-state index in [0.717, 1.165) is 74.6 Å². The van der Waals surface area contributed by atoms with Crippen LogP contribution >= 0.6 is 0 Å². The molecule has 0 bridgehead atoms. The van der Waals surface area contributed by atoms with Gasteiger partial charge in [-0.3, -0.25) is 0 Å². The lowest BCUT2D eigenvalue weighted by Gasteiger charge is -2.37. The van der Waals surface area contributed by atoms with Gasteiger partial charge in [-0.1, -0.05) is 43.2 Å². The number of benzene rings is 1. The summed E-state index contributed by atoms with van der Waals surface area (Å²) < 4.78 is 6.80. The van der Waals surface area contributed by atoms with E-state index in [0.29, 0.717) is 12.2 Å². The highest BCUT2D eigenvalue weighted by Crippen LogP contribution is 2.41. The maximum Gasteiger partial charge on any atom is 0.343 e. The van der Waals surface area contributed by atoms with E-state index in [1.807, 2.05) is 36.4 Å². The number of likely N-dealkylation sites (N-methyl/N-ethyl adjacent to an activating group) is 1. The van der Waals surface area contributed by atoms with Gasteiger partial charge in [0.05, 0.1) is 20.1 Å². The highest BCUT2D eigenvalue weighted by Gasteiger charge is 2.48. The predicted molar refractivity (Wildman–Crippen MR) is 123 cm³/mol. The Bertz CT molecular complexity index is 872. The lowest BCUT2D eigenvalue weighted by atomic mass is 9.80. The molecule has 172 valence electrons. The molecule has 2 fully saturated rings. The van der Waals surface area contributed by atoms with Crippen LogP contribution in [0.4, 0.5) is 0 Å². The van der Waals surface area contributed by atoms with Crippen molar-refractivity contribution in [3.8, 4) is 0 Å². The predicted octanol–water partition coefficient (Wildman–Crippen LogP) is 3.64. The van der Waals surface area contributed by atoms with Crippen LogP contribution in [-0.2, 0) is 21.6 Å². The Morgan fingerprint density at radius 1 is 1.16 bits per heavy atom. The second kappa shape index (κ2) is 10.1. The number of likely N-dealkylation sites (tertiary alicyclic amines) is 1. The number of aliphatic hydroxyl groups is 1. The molecule has 3 unspecified atom stereocenters. The first-order valence-corrected chi connectivity index (χ1v) is 12.1. The van der Waals surface area contributed by atoms with Gasteiger partial charge >= 0.3 is 5.97 Å². The van der Waals surface area contributed by atoms with Gasteiger partial charge in [-0.05, 0) is 30.9 Å². The first-order chi connectivity index (χ1) is 15.5. The largest absolute Gasteiger partial charge is 0.457 e. The first-order valence-electron chi connectivity index (χ1n) is 12.1. The van der Waals surface area contributed by atoms with Crippen molar-refractivity contribution in [2.45, 2.75) is 63.0 Å². The number of hydrogen-bond acceptors (Lipinski definition) is 5. The van der Waals surface area contributed by atoms with Crippen molar-refractivity contribution in [3.63, 3.8) is 0 Å². The number of aryl methyl sites for hydroxylation is 1. The van der Waals surface area contributed by atoms with Crippen molar-refractivity contribution in [1.29, 1.82) is 0 Å². The molecule has 0 amide bonds. The van der Waals surface area contributed by atoms with Gasteiger partial charge in [0.1, 0.15) is 19.0 Å². The van der Waals surface area contributed by atoms with Gasteiger partial charge < -0.3 is 14.3 Å². The average Bonchev–Trinajstić information content (AvgIpc) is 3.49. The SMILES string of the molecule is C[N+]1(CCCc2ccncn2)CCCC1COC(=O)C(O)(c1ccccc1)C1CCCC1. The smallest absolute Gasteiger partial charge is 0.343 e. The zero-order valence-electron chi connectivity index (χ0n) is 19.2. The quantitative estimate of drug-likeness (QED) is 0.478. The Morgan fingerprint density at radius 3 is 2.66 bits per heavy atom. The summed E-state index contributed by atoms with van der Waals surface area (Å²) in [6.07, 6.45) is 11.4. The van der Waals surface area contributed by atoms with Crippen LogP contribution in [0.25, 0.3) is 0 Å². The van der Waals surface area contributed by atoms with Gasteiger partial charge in [0, 0.05) is 37.1 Å². The minimum absolute atomic E-state index is 0.0743. The van der Waals surface area contributed by atoms with Crippen molar-refractivity contribution in [2.24, 2.45) is 5.92 Å². The summed E-state index contributed by atoms with van der Waals surface area (Å²) in [6, 6.07) is 11.6. The molecule has 3 atom stereocenters. The standard InChI is InChI=1S/C26H36N3O3/c1-29(17-7-13-23-15-16-27-20-28-23)18-8-14-24(29)19-32-25(30)26(31,22-11-5-6-12-22)21-9-3-2-4-10-21/h2-4,9-10,15-16,20,22,24,31H,5-8,11-14,17-19H2,1H3/q+1. The number of ether oxygens (including phenoxy) is 1. The van der Waals surface area contributed by atoms with Crippen molar-refractivity contribution < 1.29 is 19.1 Å². The number of quaternary nitrogens is 1. The fourth-order valence-electron chi connectivity index (χ4n) is 5.67. The number of carbonyl (C=O) groups is 1. The van der Waals surface area contributed by atoms with Gasteiger partial charge in [0.15, 0.2) is 5.60 Å². The van der Waals surface area contributed by atoms with Crippen molar-refractivity contribution in [1.82, 2.24) is 9.97 Å². The summed E-state index contributed by atoms with van der Waals surface area (Å²) >= 11 is 0. The Labute approximate surface area is 191 Å². The van der Waals surface area contributed by atoms with Crippen LogP contribution in [-0.4, -0.2) is 58.3 Å². The maximum absolute atomic E-state index is 13.3. The van der Waals surface area contributed by atoms with E-state index in [9.17, 15) is 9.90 Å². The Balaban J connectivity index is 1.38. The van der Waals surface area contributed by atoms with E-state index in [2.05, 4.69) is 17.0 Å². The van der Waals surface area contributed by atoms with Crippen LogP contribution < -0.4 is 0 Å². The average molecular weight is 439 g/mol. The van der Waals surface area contributed by atoms with Gasteiger partial charge in [0.2, 0.25) is 0 Å².